The largest absolute Gasteiger partial charge is 0.306 e. The smallest absolute Gasteiger partial charge is 0.116 e. The van der Waals surface area contributed by atoms with Gasteiger partial charge in [0.05, 0.1) is 11.4 Å². The highest BCUT2D eigenvalue weighted by molar-refractivity contribution is 9.11. The lowest BCUT2D eigenvalue weighted by molar-refractivity contribution is 0.648. The molecule has 0 amide bonds. The second-order valence-corrected chi connectivity index (χ2v) is 7.76. The summed E-state index contributed by atoms with van der Waals surface area (Å²) in [5.41, 5.74) is 2.28. The van der Waals surface area contributed by atoms with Crippen LogP contribution in [0, 0.1) is 0 Å². The molecule has 1 unspecified atom stereocenters. The highest BCUT2D eigenvalue weighted by Crippen LogP contribution is 2.34. The SMILES string of the molecule is CNC(c1nc2c(s1)CCCC2)c1ncc(Br)cc1Br. The Morgan fingerprint density at radius 2 is 2.10 bits per heavy atom. The molecule has 1 atom stereocenters. The van der Waals surface area contributed by atoms with Crippen LogP contribution >= 0.6 is 43.2 Å². The van der Waals surface area contributed by atoms with Gasteiger partial charge in [-0.3, -0.25) is 4.98 Å². The van der Waals surface area contributed by atoms with E-state index in [0.717, 1.165) is 26.1 Å². The molecule has 0 radical (unpaired) electrons. The van der Waals surface area contributed by atoms with Crippen molar-refractivity contribution in [2.45, 2.75) is 31.7 Å². The first-order chi connectivity index (χ1) is 9.69. The first kappa shape index (κ1) is 14.6. The summed E-state index contributed by atoms with van der Waals surface area (Å²) in [6.07, 6.45) is 6.69. The molecule has 106 valence electrons. The Labute approximate surface area is 139 Å². The topological polar surface area (TPSA) is 37.8 Å². The summed E-state index contributed by atoms with van der Waals surface area (Å²) in [6, 6.07) is 2.08. The zero-order chi connectivity index (χ0) is 14.1. The Morgan fingerprint density at radius 1 is 1.30 bits per heavy atom. The fourth-order valence-electron chi connectivity index (χ4n) is 2.51. The molecule has 0 saturated heterocycles. The molecule has 0 spiro atoms. The molecule has 0 bridgehead atoms. The van der Waals surface area contributed by atoms with Crippen LogP contribution in [0.1, 0.15) is 40.2 Å². The number of nitrogens with one attached hydrogen (secondary N) is 1. The standard InChI is InChI=1S/C14H15Br2N3S/c1-17-13(12-9(16)6-8(15)7-18-12)14-19-10-4-2-3-5-11(10)20-14/h6-7,13,17H,2-5H2,1H3. The Bertz CT molecular complexity index is 603. The third kappa shape index (κ3) is 2.84. The molecule has 0 fully saturated rings. The first-order valence-electron chi connectivity index (χ1n) is 6.65. The number of thiazole rings is 1. The molecule has 0 aliphatic heterocycles. The highest BCUT2D eigenvalue weighted by Gasteiger charge is 2.23. The number of hydrogen-bond donors (Lipinski definition) is 1. The molecule has 2 aromatic rings. The number of rotatable bonds is 3. The van der Waals surface area contributed by atoms with Crippen LogP contribution in [0.15, 0.2) is 21.2 Å². The molecular formula is C14H15Br2N3S. The molecule has 1 aliphatic carbocycles. The molecule has 1 N–H and O–H groups in total. The Morgan fingerprint density at radius 3 is 2.80 bits per heavy atom. The maximum atomic E-state index is 4.85. The lowest BCUT2D eigenvalue weighted by Crippen LogP contribution is -2.19. The number of pyridine rings is 1. The molecule has 20 heavy (non-hydrogen) atoms. The molecule has 0 aromatic carbocycles. The molecular weight excluding hydrogens is 402 g/mol. The van der Waals surface area contributed by atoms with Gasteiger partial charge in [-0.25, -0.2) is 4.98 Å². The monoisotopic (exact) mass is 415 g/mol. The van der Waals surface area contributed by atoms with Crippen LogP contribution < -0.4 is 5.32 Å². The number of halogens is 2. The van der Waals surface area contributed by atoms with Gasteiger partial charge in [0.25, 0.3) is 0 Å². The second-order valence-electron chi connectivity index (χ2n) is 4.87. The van der Waals surface area contributed by atoms with Crippen molar-refractivity contribution < 1.29 is 0 Å². The van der Waals surface area contributed by atoms with Gasteiger partial charge in [0, 0.05) is 20.0 Å². The first-order valence-corrected chi connectivity index (χ1v) is 9.06. The number of hydrogen-bond acceptors (Lipinski definition) is 4. The van der Waals surface area contributed by atoms with Gasteiger partial charge in [0.15, 0.2) is 0 Å². The van der Waals surface area contributed by atoms with E-state index in [-0.39, 0.29) is 6.04 Å². The van der Waals surface area contributed by atoms with Gasteiger partial charge in [-0.2, -0.15) is 0 Å². The summed E-state index contributed by atoms with van der Waals surface area (Å²) < 4.78 is 1.97. The molecule has 6 heteroatoms. The maximum Gasteiger partial charge on any atom is 0.116 e. The van der Waals surface area contributed by atoms with Crippen molar-refractivity contribution in [2.24, 2.45) is 0 Å². The van der Waals surface area contributed by atoms with Crippen molar-refractivity contribution in [1.29, 1.82) is 0 Å². The van der Waals surface area contributed by atoms with Crippen molar-refractivity contribution in [3.05, 3.63) is 42.5 Å². The van der Waals surface area contributed by atoms with Crippen molar-refractivity contribution in [3.63, 3.8) is 0 Å². The van der Waals surface area contributed by atoms with Gasteiger partial charge < -0.3 is 5.32 Å². The van der Waals surface area contributed by atoms with Gasteiger partial charge in [-0.05, 0) is 70.7 Å². The van der Waals surface area contributed by atoms with E-state index >= 15 is 0 Å². The highest BCUT2D eigenvalue weighted by atomic mass is 79.9. The summed E-state index contributed by atoms with van der Waals surface area (Å²) in [4.78, 5) is 10.8. The lowest BCUT2D eigenvalue weighted by atomic mass is 10.0. The Kier molecular flexibility index (Phi) is 4.55. The van der Waals surface area contributed by atoms with Crippen molar-refractivity contribution in [3.8, 4) is 0 Å². The molecule has 3 nitrogen and oxygen atoms in total. The molecule has 1 aliphatic rings. The van der Waals surface area contributed by atoms with Crippen LogP contribution in [0.4, 0.5) is 0 Å². The summed E-state index contributed by atoms with van der Waals surface area (Å²) in [6.45, 7) is 0. The minimum absolute atomic E-state index is 0.0491. The van der Waals surface area contributed by atoms with E-state index in [1.807, 2.05) is 30.6 Å². The quantitative estimate of drug-likeness (QED) is 0.812. The van der Waals surface area contributed by atoms with Gasteiger partial charge in [0.2, 0.25) is 0 Å². The molecule has 0 saturated carbocycles. The fraction of sp³-hybridized carbons (Fsp3) is 0.429. The zero-order valence-electron chi connectivity index (χ0n) is 11.1. The predicted molar refractivity (Wildman–Crippen MR) is 89.3 cm³/mol. The molecule has 3 rings (SSSR count). The summed E-state index contributed by atoms with van der Waals surface area (Å²) in [5.74, 6) is 0. The van der Waals surface area contributed by atoms with Crippen molar-refractivity contribution >= 4 is 43.2 Å². The minimum atomic E-state index is 0.0491. The van der Waals surface area contributed by atoms with Crippen LogP contribution in [0.25, 0.3) is 0 Å². The number of aryl methyl sites for hydroxylation is 2. The normalized spacial score (nSPS) is 15.9. The van der Waals surface area contributed by atoms with Gasteiger partial charge >= 0.3 is 0 Å². The van der Waals surface area contributed by atoms with Gasteiger partial charge in [0.1, 0.15) is 11.0 Å². The summed E-state index contributed by atoms with van der Waals surface area (Å²) in [7, 11) is 1.96. The van der Waals surface area contributed by atoms with E-state index in [0.29, 0.717) is 0 Å². The van der Waals surface area contributed by atoms with Crippen molar-refractivity contribution in [2.75, 3.05) is 7.05 Å². The Balaban J connectivity index is 1.98. The van der Waals surface area contributed by atoms with Gasteiger partial charge in [-0.15, -0.1) is 11.3 Å². The second kappa shape index (κ2) is 6.22. The molecule has 2 heterocycles. The van der Waals surface area contributed by atoms with E-state index < -0.39 is 0 Å². The molecule has 2 aromatic heterocycles. The van der Waals surface area contributed by atoms with E-state index in [9.17, 15) is 0 Å². The summed E-state index contributed by atoms with van der Waals surface area (Å²) >= 11 is 8.88. The van der Waals surface area contributed by atoms with Crippen LogP contribution in [-0.4, -0.2) is 17.0 Å². The van der Waals surface area contributed by atoms with Crippen LogP contribution in [0.5, 0.6) is 0 Å². The third-order valence-electron chi connectivity index (χ3n) is 3.51. The predicted octanol–water partition coefficient (Wildman–Crippen LogP) is 4.25. The van der Waals surface area contributed by atoms with E-state index in [2.05, 4.69) is 42.2 Å². The van der Waals surface area contributed by atoms with E-state index in [1.165, 1.54) is 29.8 Å². The van der Waals surface area contributed by atoms with Crippen molar-refractivity contribution in [1.82, 2.24) is 15.3 Å². The van der Waals surface area contributed by atoms with Crippen LogP contribution in [0.3, 0.4) is 0 Å². The number of aromatic nitrogens is 2. The van der Waals surface area contributed by atoms with Crippen LogP contribution in [-0.2, 0) is 12.8 Å². The van der Waals surface area contributed by atoms with E-state index in [1.54, 1.807) is 0 Å². The third-order valence-corrected chi connectivity index (χ3v) is 5.80. The lowest BCUT2D eigenvalue weighted by Gasteiger charge is -2.14. The van der Waals surface area contributed by atoms with Gasteiger partial charge in [-0.1, -0.05) is 0 Å². The maximum absolute atomic E-state index is 4.85. The average Bonchev–Trinajstić information content (AvgIpc) is 2.85. The number of nitrogens with zero attached hydrogens (tertiary/aromatic N) is 2. The number of fused-ring (bicyclic) bond motifs is 1. The fourth-order valence-corrected chi connectivity index (χ4v) is 4.99. The van der Waals surface area contributed by atoms with E-state index in [4.69, 9.17) is 4.98 Å². The van der Waals surface area contributed by atoms with Crippen LogP contribution in [0.2, 0.25) is 0 Å². The average molecular weight is 417 g/mol. The summed E-state index contributed by atoms with van der Waals surface area (Å²) in [5, 5.41) is 4.46. The minimum Gasteiger partial charge on any atom is -0.306 e. The Hall–Kier alpha value is -0.300. The zero-order valence-corrected chi connectivity index (χ0v) is 15.1.